The first kappa shape index (κ1) is 30.8. The zero-order valence-electron chi connectivity index (χ0n) is 25.0. The molecule has 9 heteroatoms. The van der Waals surface area contributed by atoms with Crippen molar-refractivity contribution in [1.82, 2.24) is 15.2 Å². The lowest BCUT2D eigenvalue weighted by molar-refractivity contribution is 0.0543. The van der Waals surface area contributed by atoms with Crippen LogP contribution in [0, 0.1) is 11.3 Å². The van der Waals surface area contributed by atoms with Gasteiger partial charge in [0, 0.05) is 46.7 Å². The van der Waals surface area contributed by atoms with Gasteiger partial charge in [-0.3, -0.25) is 9.78 Å². The lowest BCUT2D eigenvalue weighted by Crippen LogP contribution is -2.50. The Morgan fingerprint density at radius 2 is 1.77 bits per heavy atom. The number of pyridine rings is 1. The third kappa shape index (κ3) is 6.81. The minimum atomic E-state index is -1.00. The molecule has 2 aromatic carbocycles. The maximum atomic E-state index is 14.4. The van der Waals surface area contributed by atoms with Crippen molar-refractivity contribution in [3.8, 4) is 16.9 Å². The number of amides is 2. The highest BCUT2D eigenvalue weighted by molar-refractivity contribution is 7.21. The molecule has 2 N–H and O–H groups in total. The second kappa shape index (κ2) is 12.9. The number of thiophene rings is 1. The SMILES string of the molecule is COc1ccc(-c2ccncc2)cc1CN(C(=O)c1sc2ccccc2c1Cl)C1CCC(C(NC(=O)O)C(C)(C)C)CC1. The molecule has 1 aliphatic carbocycles. The fourth-order valence-electron chi connectivity index (χ4n) is 6.38. The van der Waals surface area contributed by atoms with Crippen LogP contribution in [0.3, 0.4) is 0 Å². The Labute approximate surface area is 261 Å². The highest BCUT2D eigenvalue weighted by Gasteiger charge is 2.38. The summed E-state index contributed by atoms with van der Waals surface area (Å²) in [5.41, 5.74) is 2.73. The summed E-state index contributed by atoms with van der Waals surface area (Å²) >= 11 is 8.26. The molecule has 0 saturated heterocycles. The standard InChI is InChI=1S/C34H38ClN3O4S/c1-34(2,3)31(37-33(40)41)22-9-12-25(13-10-22)38(32(39)30-29(35)26-7-5-6-8-28(26)43-30)20-24-19-23(11-14-27(24)42-4)21-15-17-36-18-16-21/h5-8,11,14-19,22,25,31,37H,9-10,12-13,20H2,1-4H3,(H,40,41). The van der Waals surface area contributed by atoms with Crippen molar-refractivity contribution in [2.45, 2.75) is 65.1 Å². The molecule has 1 fully saturated rings. The molecule has 43 heavy (non-hydrogen) atoms. The minimum absolute atomic E-state index is 0.0373. The average Bonchev–Trinajstić information content (AvgIpc) is 3.34. The van der Waals surface area contributed by atoms with Gasteiger partial charge in [-0.1, -0.05) is 56.6 Å². The van der Waals surface area contributed by atoms with E-state index in [1.807, 2.05) is 53.4 Å². The molecule has 4 aromatic rings. The van der Waals surface area contributed by atoms with Crippen LogP contribution < -0.4 is 10.1 Å². The monoisotopic (exact) mass is 619 g/mol. The summed E-state index contributed by atoms with van der Waals surface area (Å²) in [5.74, 6) is 0.800. The van der Waals surface area contributed by atoms with E-state index in [2.05, 4.69) is 37.1 Å². The molecule has 5 rings (SSSR count). The van der Waals surface area contributed by atoms with Crippen molar-refractivity contribution >= 4 is 45.0 Å². The van der Waals surface area contributed by atoms with E-state index in [4.69, 9.17) is 16.3 Å². The zero-order chi connectivity index (χ0) is 30.7. The number of carbonyl (C=O) groups is 2. The first-order valence-corrected chi connectivity index (χ1v) is 15.8. The van der Waals surface area contributed by atoms with Gasteiger partial charge < -0.3 is 20.1 Å². The summed E-state index contributed by atoms with van der Waals surface area (Å²) < 4.78 is 6.74. The topological polar surface area (TPSA) is 91.8 Å². The third-order valence-electron chi connectivity index (χ3n) is 8.49. The van der Waals surface area contributed by atoms with Crippen molar-refractivity contribution in [1.29, 1.82) is 0 Å². The molecule has 2 aromatic heterocycles. The number of carboxylic acid groups (broad SMARTS) is 1. The van der Waals surface area contributed by atoms with Crippen molar-refractivity contribution in [2.75, 3.05) is 7.11 Å². The molecule has 7 nitrogen and oxygen atoms in total. The number of benzene rings is 2. The normalized spacial score (nSPS) is 17.8. The molecule has 1 aliphatic rings. The summed E-state index contributed by atoms with van der Waals surface area (Å²) in [4.78, 5) is 32.7. The lowest BCUT2D eigenvalue weighted by atomic mass is 9.72. The first-order valence-electron chi connectivity index (χ1n) is 14.6. The van der Waals surface area contributed by atoms with E-state index in [9.17, 15) is 14.7 Å². The zero-order valence-corrected chi connectivity index (χ0v) is 26.5. The third-order valence-corrected chi connectivity index (χ3v) is 10.2. The lowest BCUT2D eigenvalue weighted by Gasteiger charge is -2.43. The van der Waals surface area contributed by atoms with Gasteiger partial charge in [0.25, 0.3) is 5.91 Å². The summed E-state index contributed by atoms with van der Waals surface area (Å²) in [6.45, 7) is 6.57. The van der Waals surface area contributed by atoms with Gasteiger partial charge in [-0.2, -0.15) is 0 Å². The van der Waals surface area contributed by atoms with E-state index in [-0.39, 0.29) is 29.3 Å². The van der Waals surface area contributed by atoms with Crippen LogP contribution in [0.2, 0.25) is 5.02 Å². The van der Waals surface area contributed by atoms with Crippen molar-refractivity contribution < 1.29 is 19.4 Å². The fourth-order valence-corrected chi connectivity index (χ4v) is 7.85. The Hall–Kier alpha value is -3.62. The molecule has 0 spiro atoms. The first-order chi connectivity index (χ1) is 20.6. The molecule has 1 unspecified atom stereocenters. The van der Waals surface area contributed by atoms with Gasteiger partial charge in [0.2, 0.25) is 0 Å². The predicted octanol–water partition coefficient (Wildman–Crippen LogP) is 8.51. The Kier molecular flexibility index (Phi) is 9.28. The summed E-state index contributed by atoms with van der Waals surface area (Å²) in [5, 5.41) is 13.7. The number of halogens is 1. The minimum Gasteiger partial charge on any atom is -0.496 e. The van der Waals surface area contributed by atoms with Crippen LogP contribution in [-0.4, -0.2) is 46.2 Å². The van der Waals surface area contributed by atoms with Gasteiger partial charge in [0.05, 0.1) is 12.1 Å². The van der Waals surface area contributed by atoms with Gasteiger partial charge in [-0.25, -0.2) is 4.79 Å². The van der Waals surface area contributed by atoms with Crippen LogP contribution in [0.1, 0.15) is 61.7 Å². The molecular formula is C34H38ClN3O4S. The van der Waals surface area contributed by atoms with E-state index >= 15 is 0 Å². The largest absolute Gasteiger partial charge is 0.496 e. The highest BCUT2D eigenvalue weighted by atomic mass is 35.5. The van der Waals surface area contributed by atoms with Crippen LogP contribution in [-0.2, 0) is 6.54 Å². The van der Waals surface area contributed by atoms with E-state index in [0.29, 0.717) is 22.2 Å². The molecule has 0 aliphatic heterocycles. The van der Waals surface area contributed by atoms with Crippen LogP contribution >= 0.6 is 22.9 Å². The van der Waals surface area contributed by atoms with Gasteiger partial charge in [-0.15, -0.1) is 11.3 Å². The van der Waals surface area contributed by atoms with Gasteiger partial charge >= 0.3 is 6.09 Å². The number of nitrogens with zero attached hydrogens (tertiary/aromatic N) is 2. The molecule has 1 saturated carbocycles. The van der Waals surface area contributed by atoms with Crippen LogP contribution in [0.25, 0.3) is 21.2 Å². The molecular weight excluding hydrogens is 582 g/mol. The van der Waals surface area contributed by atoms with Gasteiger partial charge in [0.15, 0.2) is 0 Å². The van der Waals surface area contributed by atoms with Gasteiger partial charge in [0.1, 0.15) is 10.6 Å². The maximum Gasteiger partial charge on any atom is 0.404 e. The number of rotatable bonds is 8. The number of carbonyl (C=O) groups excluding carboxylic acids is 1. The molecule has 0 radical (unpaired) electrons. The molecule has 1 atom stereocenters. The Balaban J connectivity index is 1.49. The Morgan fingerprint density at radius 3 is 2.40 bits per heavy atom. The summed E-state index contributed by atoms with van der Waals surface area (Å²) in [6, 6.07) is 17.6. The van der Waals surface area contributed by atoms with Gasteiger partial charge in [-0.05, 0) is 78.5 Å². The fraction of sp³-hybridized carbons (Fsp3) is 0.382. The molecule has 226 valence electrons. The number of fused-ring (bicyclic) bond motifs is 1. The number of hydrogen-bond donors (Lipinski definition) is 2. The number of nitrogens with one attached hydrogen (secondary N) is 1. The molecule has 2 heterocycles. The average molecular weight is 620 g/mol. The summed E-state index contributed by atoms with van der Waals surface area (Å²) in [6.07, 6.45) is 5.68. The van der Waals surface area contributed by atoms with Crippen molar-refractivity contribution in [3.05, 3.63) is 82.5 Å². The van der Waals surface area contributed by atoms with E-state index in [0.717, 1.165) is 52.5 Å². The number of ether oxygens (including phenoxy) is 1. The highest BCUT2D eigenvalue weighted by Crippen LogP contribution is 2.40. The molecule has 0 bridgehead atoms. The summed E-state index contributed by atoms with van der Waals surface area (Å²) in [7, 11) is 1.65. The number of methoxy groups -OCH3 is 1. The van der Waals surface area contributed by atoms with E-state index < -0.39 is 6.09 Å². The van der Waals surface area contributed by atoms with Crippen molar-refractivity contribution in [3.63, 3.8) is 0 Å². The van der Waals surface area contributed by atoms with Crippen LogP contribution in [0.15, 0.2) is 67.0 Å². The molecule has 2 amide bonds. The van der Waals surface area contributed by atoms with Crippen molar-refractivity contribution in [2.24, 2.45) is 11.3 Å². The van der Waals surface area contributed by atoms with E-state index in [1.54, 1.807) is 19.5 Å². The van der Waals surface area contributed by atoms with Crippen LogP contribution in [0.5, 0.6) is 5.75 Å². The second-order valence-electron chi connectivity index (χ2n) is 12.3. The van der Waals surface area contributed by atoms with E-state index in [1.165, 1.54) is 11.3 Å². The maximum absolute atomic E-state index is 14.4. The Morgan fingerprint density at radius 1 is 1.07 bits per heavy atom. The number of aromatic nitrogens is 1. The predicted molar refractivity (Wildman–Crippen MR) is 173 cm³/mol. The smallest absolute Gasteiger partial charge is 0.404 e. The second-order valence-corrected chi connectivity index (χ2v) is 13.7. The number of hydrogen-bond acceptors (Lipinski definition) is 5. The van der Waals surface area contributed by atoms with Crippen LogP contribution in [0.4, 0.5) is 4.79 Å². The quantitative estimate of drug-likeness (QED) is 0.206. The Bertz CT molecular complexity index is 1590.